The fraction of sp³-hybridized carbons (Fsp3) is 0.700. The Kier molecular flexibility index (Phi) is 4.42. The summed E-state index contributed by atoms with van der Waals surface area (Å²) >= 11 is 0. The quantitative estimate of drug-likeness (QED) is 0.746. The summed E-state index contributed by atoms with van der Waals surface area (Å²) in [7, 11) is 3.97. The highest BCUT2D eigenvalue weighted by Gasteiger charge is 2.18. The molecular formula is C10H19N5O. The van der Waals surface area contributed by atoms with Gasteiger partial charge in [-0.25, -0.2) is 0 Å². The molecule has 0 aliphatic rings. The van der Waals surface area contributed by atoms with Gasteiger partial charge < -0.3 is 10.2 Å². The predicted molar refractivity (Wildman–Crippen MR) is 61.0 cm³/mol. The van der Waals surface area contributed by atoms with Crippen LogP contribution < -0.4 is 5.32 Å². The SMILES string of the molecule is CC(C)C(CN(C)C)NC(=O)c1cn[nH]n1. The summed E-state index contributed by atoms with van der Waals surface area (Å²) < 4.78 is 0. The molecule has 6 nitrogen and oxygen atoms in total. The number of hydrogen-bond donors (Lipinski definition) is 2. The highest BCUT2D eigenvalue weighted by atomic mass is 16.2. The van der Waals surface area contributed by atoms with Crippen molar-refractivity contribution in [2.45, 2.75) is 19.9 Å². The standard InChI is InChI=1S/C10H19N5O/c1-7(2)9(6-15(3)4)12-10(16)8-5-11-14-13-8/h5,7,9H,6H2,1-4H3,(H,12,16)(H,11,13,14). The van der Waals surface area contributed by atoms with Crippen LogP contribution in [0.3, 0.4) is 0 Å². The average Bonchev–Trinajstić information content (AvgIpc) is 2.68. The monoisotopic (exact) mass is 225 g/mol. The molecule has 90 valence electrons. The average molecular weight is 225 g/mol. The molecule has 0 saturated carbocycles. The molecule has 1 rings (SSSR count). The number of nitrogens with zero attached hydrogens (tertiary/aromatic N) is 3. The summed E-state index contributed by atoms with van der Waals surface area (Å²) in [6, 6.07) is 0.110. The molecule has 0 spiro atoms. The van der Waals surface area contributed by atoms with Crippen LogP contribution in [0.5, 0.6) is 0 Å². The Labute approximate surface area is 95.4 Å². The number of nitrogens with one attached hydrogen (secondary N) is 2. The molecule has 6 heteroatoms. The van der Waals surface area contributed by atoms with Crippen molar-refractivity contribution in [3.63, 3.8) is 0 Å². The second-order valence-corrected chi connectivity index (χ2v) is 4.44. The van der Waals surface area contributed by atoms with Crippen LogP contribution in [0.15, 0.2) is 6.20 Å². The molecule has 0 bridgehead atoms. The molecule has 1 aromatic rings. The molecule has 0 radical (unpaired) electrons. The van der Waals surface area contributed by atoms with Crippen molar-refractivity contribution < 1.29 is 4.79 Å². The Morgan fingerprint density at radius 2 is 2.25 bits per heavy atom. The van der Waals surface area contributed by atoms with Crippen LogP contribution >= 0.6 is 0 Å². The first-order valence-corrected chi connectivity index (χ1v) is 5.32. The van der Waals surface area contributed by atoms with Crippen LogP contribution in [0.1, 0.15) is 24.3 Å². The number of hydrogen-bond acceptors (Lipinski definition) is 4. The normalized spacial score (nSPS) is 13.1. The molecule has 1 unspecified atom stereocenters. The van der Waals surface area contributed by atoms with Crippen molar-refractivity contribution in [3.05, 3.63) is 11.9 Å². The van der Waals surface area contributed by atoms with Gasteiger partial charge in [-0.3, -0.25) is 4.79 Å². The number of aromatic nitrogens is 3. The van der Waals surface area contributed by atoms with E-state index in [4.69, 9.17) is 0 Å². The third-order valence-corrected chi connectivity index (χ3v) is 2.33. The molecule has 16 heavy (non-hydrogen) atoms. The Hall–Kier alpha value is -1.43. The van der Waals surface area contributed by atoms with Crippen molar-refractivity contribution in [2.24, 2.45) is 5.92 Å². The van der Waals surface area contributed by atoms with E-state index in [1.165, 1.54) is 6.20 Å². The van der Waals surface area contributed by atoms with Crippen LogP contribution in [0.4, 0.5) is 0 Å². The second-order valence-electron chi connectivity index (χ2n) is 4.44. The predicted octanol–water partition coefficient (Wildman–Crippen LogP) is 0.121. The molecule has 1 amide bonds. The van der Waals surface area contributed by atoms with Crippen LogP contribution in [0, 0.1) is 5.92 Å². The largest absolute Gasteiger partial charge is 0.346 e. The Balaban J connectivity index is 2.58. The summed E-state index contributed by atoms with van der Waals surface area (Å²) in [6.07, 6.45) is 1.42. The summed E-state index contributed by atoms with van der Waals surface area (Å²) in [5.41, 5.74) is 0.324. The van der Waals surface area contributed by atoms with E-state index in [0.29, 0.717) is 11.6 Å². The molecule has 2 N–H and O–H groups in total. The van der Waals surface area contributed by atoms with Gasteiger partial charge in [0.05, 0.1) is 6.20 Å². The molecular weight excluding hydrogens is 206 g/mol. The Morgan fingerprint density at radius 1 is 1.56 bits per heavy atom. The zero-order valence-electron chi connectivity index (χ0n) is 10.2. The molecule has 1 atom stereocenters. The second kappa shape index (κ2) is 5.60. The number of likely N-dealkylation sites (N-methyl/N-ethyl adjacent to an activating group) is 1. The van der Waals surface area contributed by atoms with Gasteiger partial charge in [0.15, 0.2) is 5.69 Å². The Bertz CT molecular complexity index is 320. The van der Waals surface area contributed by atoms with Gasteiger partial charge in [0.2, 0.25) is 0 Å². The van der Waals surface area contributed by atoms with Crippen molar-refractivity contribution in [3.8, 4) is 0 Å². The molecule has 0 aliphatic carbocycles. The van der Waals surface area contributed by atoms with E-state index in [9.17, 15) is 4.79 Å². The third kappa shape index (κ3) is 3.62. The highest BCUT2D eigenvalue weighted by Crippen LogP contribution is 2.03. The van der Waals surface area contributed by atoms with Gasteiger partial charge in [-0.1, -0.05) is 13.8 Å². The number of aromatic amines is 1. The lowest BCUT2D eigenvalue weighted by Crippen LogP contribution is -2.45. The summed E-state index contributed by atoms with van der Waals surface area (Å²) in [4.78, 5) is 13.8. The molecule has 0 saturated heterocycles. The molecule has 0 aliphatic heterocycles. The van der Waals surface area contributed by atoms with E-state index in [-0.39, 0.29) is 11.9 Å². The maximum Gasteiger partial charge on any atom is 0.273 e. The fourth-order valence-corrected chi connectivity index (χ4v) is 1.37. The van der Waals surface area contributed by atoms with Gasteiger partial charge in [-0.05, 0) is 20.0 Å². The number of carbonyl (C=O) groups is 1. The van der Waals surface area contributed by atoms with E-state index in [0.717, 1.165) is 6.54 Å². The maximum atomic E-state index is 11.8. The number of rotatable bonds is 5. The minimum atomic E-state index is -0.186. The van der Waals surface area contributed by atoms with E-state index >= 15 is 0 Å². The van der Waals surface area contributed by atoms with Crippen LogP contribution in [0.25, 0.3) is 0 Å². The van der Waals surface area contributed by atoms with Crippen LogP contribution in [-0.2, 0) is 0 Å². The molecule has 1 aromatic heterocycles. The number of carbonyl (C=O) groups excluding carboxylic acids is 1. The lowest BCUT2D eigenvalue weighted by Gasteiger charge is -2.25. The fourth-order valence-electron chi connectivity index (χ4n) is 1.37. The molecule has 0 fully saturated rings. The van der Waals surface area contributed by atoms with Gasteiger partial charge in [-0.2, -0.15) is 15.4 Å². The van der Waals surface area contributed by atoms with E-state index in [1.807, 2.05) is 19.0 Å². The number of amides is 1. The van der Waals surface area contributed by atoms with Gasteiger partial charge >= 0.3 is 0 Å². The Morgan fingerprint density at radius 3 is 2.69 bits per heavy atom. The van der Waals surface area contributed by atoms with Gasteiger partial charge in [0, 0.05) is 12.6 Å². The molecule has 0 aromatic carbocycles. The van der Waals surface area contributed by atoms with Crippen molar-refractivity contribution >= 4 is 5.91 Å². The van der Waals surface area contributed by atoms with Gasteiger partial charge in [0.25, 0.3) is 5.91 Å². The van der Waals surface area contributed by atoms with E-state index in [2.05, 4.69) is 34.6 Å². The summed E-state index contributed by atoms with van der Waals surface area (Å²) in [5.74, 6) is 0.188. The van der Waals surface area contributed by atoms with Crippen molar-refractivity contribution in [1.29, 1.82) is 0 Å². The zero-order chi connectivity index (χ0) is 12.1. The van der Waals surface area contributed by atoms with Gasteiger partial charge in [-0.15, -0.1) is 0 Å². The lowest BCUT2D eigenvalue weighted by molar-refractivity contribution is 0.0911. The summed E-state index contributed by atoms with van der Waals surface area (Å²) in [5, 5.41) is 12.7. The minimum absolute atomic E-state index is 0.110. The van der Waals surface area contributed by atoms with Gasteiger partial charge in [0.1, 0.15) is 0 Å². The molecule has 1 heterocycles. The zero-order valence-corrected chi connectivity index (χ0v) is 10.2. The van der Waals surface area contributed by atoms with Crippen LogP contribution in [-0.4, -0.2) is 52.9 Å². The summed E-state index contributed by atoms with van der Waals surface area (Å²) in [6.45, 7) is 4.97. The maximum absolute atomic E-state index is 11.8. The first-order chi connectivity index (χ1) is 7.50. The first kappa shape index (κ1) is 12.6. The number of H-pyrrole nitrogens is 1. The minimum Gasteiger partial charge on any atom is -0.346 e. The highest BCUT2D eigenvalue weighted by molar-refractivity contribution is 5.92. The first-order valence-electron chi connectivity index (χ1n) is 5.32. The van der Waals surface area contributed by atoms with Crippen LogP contribution in [0.2, 0.25) is 0 Å². The smallest absolute Gasteiger partial charge is 0.273 e. The lowest BCUT2D eigenvalue weighted by atomic mass is 10.0. The third-order valence-electron chi connectivity index (χ3n) is 2.33. The van der Waals surface area contributed by atoms with Crippen molar-refractivity contribution in [1.82, 2.24) is 25.6 Å². The van der Waals surface area contributed by atoms with E-state index < -0.39 is 0 Å². The van der Waals surface area contributed by atoms with E-state index in [1.54, 1.807) is 0 Å². The topological polar surface area (TPSA) is 73.9 Å². The van der Waals surface area contributed by atoms with Crippen molar-refractivity contribution in [2.75, 3.05) is 20.6 Å².